The Bertz CT molecular complexity index is 1210. The SMILES string of the molecule is COc1ccc(CNCc2ccc3ccc4cccc5ccc2c3c45)cc1. The minimum absolute atomic E-state index is 0.839. The highest BCUT2D eigenvalue weighted by Gasteiger charge is 2.10. The molecule has 0 aromatic heterocycles. The van der Waals surface area contributed by atoms with E-state index in [1.165, 1.54) is 43.4 Å². The molecule has 0 bridgehead atoms. The van der Waals surface area contributed by atoms with Crippen molar-refractivity contribution in [3.05, 3.63) is 90.0 Å². The molecule has 0 saturated carbocycles. The van der Waals surface area contributed by atoms with Crippen molar-refractivity contribution in [3.8, 4) is 5.75 Å². The molecule has 0 heterocycles. The minimum Gasteiger partial charge on any atom is -0.497 e. The summed E-state index contributed by atoms with van der Waals surface area (Å²) in [5.41, 5.74) is 2.60. The molecule has 5 aromatic rings. The highest BCUT2D eigenvalue weighted by Crippen LogP contribution is 2.35. The second-order valence-corrected chi connectivity index (χ2v) is 7.03. The van der Waals surface area contributed by atoms with Crippen LogP contribution < -0.4 is 10.1 Å². The molecule has 0 radical (unpaired) electrons. The normalized spacial score (nSPS) is 11.6. The first kappa shape index (κ1) is 16.1. The number of nitrogens with one attached hydrogen (secondary N) is 1. The van der Waals surface area contributed by atoms with Crippen LogP contribution in [-0.2, 0) is 13.1 Å². The Kier molecular flexibility index (Phi) is 3.92. The van der Waals surface area contributed by atoms with Crippen molar-refractivity contribution >= 4 is 32.3 Å². The smallest absolute Gasteiger partial charge is 0.118 e. The quantitative estimate of drug-likeness (QED) is 0.399. The molecule has 0 aliphatic rings. The van der Waals surface area contributed by atoms with E-state index in [1.807, 2.05) is 12.1 Å². The summed E-state index contributed by atoms with van der Waals surface area (Å²) in [6.45, 7) is 1.69. The van der Waals surface area contributed by atoms with Gasteiger partial charge in [0.2, 0.25) is 0 Å². The van der Waals surface area contributed by atoms with Crippen molar-refractivity contribution in [2.45, 2.75) is 13.1 Å². The lowest BCUT2D eigenvalue weighted by Gasteiger charge is -2.14. The maximum absolute atomic E-state index is 5.23. The molecule has 1 N–H and O–H groups in total. The van der Waals surface area contributed by atoms with Gasteiger partial charge in [-0.1, -0.05) is 66.7 Å². The van der Waals surface area contributed by atoms with Crippen molar-refractivity contribution in [2.24, 2.45) is 0 Å². The van der Waals surface area contributed by atoms with Gasteiger partial charge in [-0.05, 0) is 55.6 Å². The Hall–Kier alpha value is -3.10. The summed E-state index contributed by atoms with van der Waals surface area (Å²) >= 11 is 0. The van der Waals surface area contributed by atoms with Gasteiger partial charge >= 0.3 is 0 Å². The molecule has 132 valence electrons. The second kappa shape index (κ2) is 6.57. The van der Waals surface area contributed by atoms with Crippen LogP contribution in [0.25, 0.3) is 32.3 Å². The molecule has 0 aliphatic carbocycles. The molecular weight excluding hydrogens is 330 g/mol. The Morgan fingerprint density at radius 2 is 1.33 bits per heavy atom. The molecule has 0 amide bonds. The highest BCUT2D eigenvalue weighted by molar-refractivity contribution is 6.23. The summed E-state index contributed by atoms with van der Waals surface area (Å²) in [5, 5.41) is 11.6. The topological polar surface area (TPSA) is 21.3 Å². The minimum atomic E-state index is 0.839. The zero-order valence-corrected chi connectivity index (χ0v) is 15.3. The Morgan fingerprint density at radius 3 is 2.07 bits per heavy atom. The summed E-state index contributed by atoms with van der Waals surface area (Å²) in [5.74, 6) is 0.894. The van der Waals surface area contributed by atoms with E-state index in [2.05, 4.69) is 72.0 Å². The molecule has 2 heteroatoms. The summed E-state index contributed by atoms with van der Waals surface area (Å²) in [6.07, 6.45) is 0. The summed E-state index contributed by atoms with van der Waals surface area (Å²) in [6, 6.07) is 28.3. The Morgan fingerprint density at radius 1 is 0.667 bits per heavy atom. The monoisotopic (exact) mass is 351 g/mol. The third kappa shape index (κ3) is 2.79. The lowest BCUT2D eigenvalue weighted by Crippen LogP contribution is -2.13. The van der Waals surface area contributed by atoms with Crippen molar-refractivity contribution < 1.29 is 4.74 Å². The zero-order valence-electron chi connectivity index (χ0n) is 15.3. The average Bonchev–Trinajstić information content (AvgIpc) is 2.73. The molecule has 0 fully saturated rings. The van der Waals surface area contributed by atoms with Crippen LogP contribution in [0.4, 0.5) is 0 Å². The molecule has 0 spiro atoms. The maximum Gasteiger partial charge on any atom is 0.118 e. The molecule has 0 saturated heterocycles. The Labute approximate surface area is 158 Å². The molecule has 2 nitrogen and oxygen atoms in total. The summed E-state index contributed by atoms with van der Waals surface area (Å²) in [4.78, 5) is 0. The number of methoxy groups -OCH3 is 1. The molecule has 5 rings (SSSR count). The van der Waals surface area contributed by atoms with E-state index in [4.69, 9.17) is 4.74 Å². The predicted molar refractivity (Wildman–Crippen MR) is 114 cm³/mol. The number of rotatable bonds is 5. The lowest BCUT2D eigenvalue weighted by molar-refractivity contribution is 0.414. The number of hydrogen-bond acceptors (Lipinski definition) is 2. The van der Waals surface area contributed by atoms with Crippen LogP contribution in [0.1, 0.15) is 11.1 Å². The number of benzene rings is 5. The van der Waals surface area contributed by atoms with Crippen LogP contribution in [0.15, 0.2) is 78.9 Å². The maximum atomic E-state index is 5.23. The molecule has 0 aliphatic heterocycles. The molecule has 0 unspecified atom stereocenters. The van der Waals surface area contributed by atoms with Crippen molar-refractivity contribution in [2.75, 3.05) is 7.11 Å². The average molecular weight is 351 g/mol. The van der Waals surface area contributed by atoms with Crippen LogP contribution in [0, 0.1) is 0 Å². The van der Waals surface area contributed by atoms with Gasteiger partial charge in [-0.3, -0.25) is 0 Å². The third-order valence-electron chi connectivity index (χ3n) is 5.42. The largest absolute Gasteiger partial charge is 0.497 e. The van der Waals surface area contributed by atoms with Crippen molar-refractivity contribution in [1.82, 2.24) is 5.32 Å². The van der Waals surface area contributed by atoms with Crippen LogP contribution in [-0.4, -0.2) is 7.11 Å². The van der Waals surface area contributed by atoms with Gasteiger partial charge in [-0.15, -0.1) is 0 Å². The van der Waals surface area contributed by atoms with Crippen molar-refractivity contribution in [3.63, 3.8) is 0 Å². The van der Waals surface area contributed by atoms with E-state index in [-0.39, 0.29) is 0 Å². The van der Waals surface area contributed by atoms with Gasteiger partial charge in [0.1, 0.15) is 5.75 Å². The van der Waals surface area contributed by atoms with Crippen molar-refractivity contribution in [1.29, 1.82) is 0 Å². The molecule has 0 atom stereocenters. The fraction of sp³-hybridized carbons (Fsp3) is 0.120. The number of hydrogen-bond donors (Lipinski definition) is 1. The van der Waals surface area contributed by atoms with E-state index in [0.717, 1.165) is 18.8 Å². The van der Waals surface area contributed by atoms with E-state index < -0.39 is 0 Å². The predicted octanol–water partition coefficient (Wildman–Crippen LogP) is 5.88. The summed E-state index contributed by atoms with van der Waals surface area (Å²) < 4.78 is 5.23. The first-order valence-corrected chi connectivity index (χ1v) is 9.32. The fourth-order valence-corrected chi connectivity index (χ4v) is 4.03. The third-order valence-corrected chi connectivity index (χ3v) is 5.42. The van der Waals surface area contributed by atoms with E-state index >= 15 is 0 Å². The highest BCUT2D eigenvalue weighted by atomic mass is 16.5. The van der Waals surface area contributed by atoms with Crippen LogP contribution in [0.5, 0.6) is 5.75 Å². The second-order valence-electron chi connectivity index (χ2n) is 7.03. The van der Waals surface area contributed by atoms with Gasteiger partial charge < -0.3 is 10.1 Å². The van der Waals surface area contributed by atoms with Gasteiger partial charge in [-0.2, -0.15) is 0 Å². The fourth-order valence-electron chi connectivity index (χ4n) is 4.03. The van der Waals surface area contributed by atoms with E-state index in [1.54, 1.807) is 7.11 Å². The van der Waals surface area contributed by atoms with Gasteiger partial charge in [-0.25, -0.2) is 0 Å². The standard InChI is InChI=1S/C25H21NO/c1-27-22-12-5-17(6-13-22)15-26-16-21-10-9-20-8-7-18-3-2-4-19-11-14-23(21)25(20)24(18)19/h2-14,26H,15-16H2,1H3. The van der Waals surface area contributed by atoms with Gasteiger partial charge in [0, 0.05) is 13.1 Å². The summed E-state index contributed by atoms with van der Waals surface area (Å²) in [7, 11) is 1.70. The van der Waals surface area contributed by atoms with Gasteiger partial charge in [0.25, 0.3) is 0 Å². The van der Waals surface area contributed by atoms with Crippen LogP contribution >= 0.6 is 0 Å². The molecular formula is C25H21NO. The Balaban J connectivity index is 1.47. The molecule has 5 aromatic carbocycles. The van der Waals surface area contributed by atoms with Crippen LogP contribution in [0.2, 0.25) is 0 Å². The van der Waals surface area contributed by atoms with Gasteiger partial charge in [0.15, 0.2) is 0 Å². The molecule has 27 heavy (non-hydrogen) atoms. The first-order chi connectivity index (χ1) is 13.3. The zero-order chi connectivity index (χ0) is 18.2. The van der Waals surface area contributed by atoms with Gasteiger partial charge in [0.05, 0.1) is 7.11 Å². The van der Waals surface area contributed by atoms with E-state index in [9.17, 15) is 0 Å². The van der Waals surface area contributed by atoms with E-state index in [0.29, 0.717) is 0 Å². The van der Waals surface area contributed by atoms with Crippen LogP contribution in [0.3, 0.4) is 0 Å². The lowest BCUT2D eigenvalue weighted by atomic mass is 9.92. The first-order valence-electron chi connectivity index (χ1n) is 9.32. The number of ether oxygens (including phenoxy) is 1.